The molecule has 1 aromatic rings. The minimum Gasteiger partial charge on any atom is -0.390 e. The molecule has 0 radical (unpaired) electrons. The molecule has 90 valence electrons. The lowest BCUT2D eigenvalue weighted by Gasteiger charge is -2.20. The largest absolute Gasteiger partial charge is 0.390 e. The van der Waals surface area contributed by atoms with E-state index in [4.69, 9.17) is 11.6 Å². The number of hydrogen-bond acceptors (Lipinski definition) is 2. The third-order valence-electron chi connectivity index (χ3n) is 2.54. The minimum absolute atomic E-state index is 0.251. The molecule has 0 amide bonds. The van der Waals surface area contributed by atoms with Gasteiger partial charge in [0.05, 0.1) is 5.60 Å². The van der Waals surface area contributed by atoms with Crippen LogP contribution in [0.4, 0.5) is 0 Å². The van der Waals surface area contributed by atoms with E-state index in [1.807, 2.05) is 38.1 Å². The van der Waals surface area contributed by atoms with E-state index in [1.54, 1.807) is 0 Å². The number of benzene rings is 1. The zero-order valence-electron chi connectivity index (χ0n) is 10.1. The molecule has 1 atom stereocenters. The maximum atomic E-state index is 9.58. The van der Waals surface area contributed by atoms with Crippen LogP contribution in [0.2, 0.25) is 5.02 Å². The van der Waals surface area contributed by atoms with Crippen LogP contribution >= 0.6 is 11.6 Å². The molecule has 1 rings (SSSR count). The Hall–Kier alpha value is -0.570. The first kappa shape index (κ1) is 13.5. The molecular formula is C13H20ClNO. The lowest BCUT2D eigenvalue weighted by atomic mass is 10.0. The molecule has 16 heavy (non-hydrogen) atoms. The van der Waals surface area contributed by atoms with Crippen molar-refractivity contribution in [1.29, 1.82) is 0 Å². The number of aliphatic hydroxyl groups is 1. The van der Waals surface area contributed by atoms with E-state index in [0.29, 0.717) is 0 Å². The second-order valence-corrected chi connectivity index (χ2v) is 5.23. The molecule has 1 aromatic carbocycles. The fourth-order valence-corrected chi connectivity index (χ4v) is 1.69. The van der Waals surface area contributed by atoms with Gasteiger partial charge in [0, 0.05) is 11.1 Å². The van der Waals surface area contributed by atoms with E-state index in [-0.39, 0.29) is 6.04 Å². The van der Waals surface area contributed by atoms with Crippen LogP contribution in [0.5, 0.6) is 0 Å². The molecule has 0 bridgehead atoms. The molecule has 0 unspecified atom stereocenters. The van der Waals surface area contributed by atoms with Gasteiger partial charge in [0.2, 0.25) is 0 Å². The van der Waals surface area contributed by atoms with E-state index in [9.17, 15) is 5.11 Å². The van der Waals surface area contributed by atoms with Gasteiger partial charge in [-0.3, -0.25) is 0 Å². The smallest absolute Gasteiger partial charge is 0.0603 e. The average molecular weight is 242 g/mol. The van der Waals surface area contributed by atoms with Gasteiger partial charge in [-0.25, -0.2) is 0 Å². The van der Waals surface area contributed by atoms with Gasteiger partial charge in [0.25, 0.3) is 0 Å². The highest BCUT2D eigenvalue weighted by Crippen LogP contribution is 2.17. The van der Waals surface area contributed by atoms with Gasteiger partial charge >= 0.3 is 0 Å². The van der Waals surface area contributed by atoms with Gasteiger partial charge in [-0.05, 0) is 51.4 Å². The third-order valence-corrected chi connectivity index (χ3v) is 2.77. The number of halogens is 1. The van der Waals surface area contributed by atoms with E-state index < -0.39 is 5.60 Å². The minimum atomic E-state index is -0.610. The standard InChI is InChI=1S/C13H20ClNO/c1-10(15-8-7-13(2,3)16)11-5-4-6-12(14)9-11/h4-6,9-10,15-16H,7-8H2,1-3H3/t10-/m1/s1. The predicted molar refractivity (Wildman–Crippen MR) is 68.8 cm³/mol. The summed E-state index contributed by atoms with van der Waals surface area (Å²) in [5, 5.41) is 13.7. The van der Waals surface area contributed by atoms with Gasteiger partial charge < -0.3 is 10.4 Å². The van der Waals surface area contributed by atoms with Crippen molar-refractivity contribution in [2.24, 2.45) is 0 Å². The van der Waals surface area contributed by atoms with Crippen LogP contribution in [0.1, 0.15) is 38.8 Å². The predicted octanol–water partition coefficient (Wildman–Crippen LogP) is 3.15. The molecule has 0 aliphatic carbocycles. The average Bonchev–Trinajstić information content (AvgIpc) is 2.15. The molecule has 0 aliphatic rings. The van der Waals surface area contributed by atoms with Crippen molar-refractivity contribution in [2.75, 3.05) is 6.54 Å². The maximum Gasteiger partial charge on any atom is 0.0603 e. The van der Waals surface area contributed by atoms with Gasteiger partial charge in [-0.15, -0.1) is 0 Å². The summed E-state index contributed by atoms with van der Waals surface area (Å²) >= 11 is 5.93. The van der Waals surface area contributed by atoms with Crippen molar-refractivity contribution in [3.8, 4) is 0 Å². The lowest BCUT2D eigenvalue weighted by molar-refractivity contribution is 0.0705. The summed E-state index contributed by atoms with van der Waals surface area (Å²) in [6.45, 7) is 6.52. The van der Waals surface area contributed by atoms with Gasteiger partial charge in [-0.1, -0.05) is 23.7 Å². The molecule has 2 nitrogen and oxygen atoms in total. The van der Waals surface area contributed by atoms with Crippen LogP contribution in [0.15, 0.2) is 24.3 Å². The summed E-state index contributed by atoms with van der Waals surface area (Å²) in [6, 6.07) is 8.08. The highest BCUT2D eigenvalue weighted by molar-refractivity contribution is 6.30. The first-order chi connectivity index (χ1) is 7.38. The number of nitrogens with one attached hydrogen (secondary N) is 1. The van der Waals surface area contributed by atoms with Crippen molar-refractivity contribution in [2.45, 2.75) is 38.8 Å². The van der Waals surface area contributed by atoms with Crippen LogP contribution in [0.25, 0.3) is 0 Å². The zero-order chi connectivity index (χ0) is 12.2. The van der Waals surface area contributed by atoms with Crippen LogP contribution in [0.3, 0.4) is 0 Å². The normalized spacial score (nSPS) is 13.8. The summed E-state index contributed by atoms with van der Waals surface area (Å²) in [7, 11) is 0. The zero-order valence-corrected chi connectivity index (χ0v) is 10.9. The first-order valence-electron chi connectivity index (χ1n) is 5.60. The van der Waals surface area contributed by atoms with Crippen LogP contribution in [0, 0.1) is 0 Å². The number of rotatable bonds is 5. The van der Waals surface area contributed by atoms with Crippen LogP contribution in [-0.2, 0) is 0 Å². The van der Waals surface area contributed by atoms with Crippen molar-refractivity contribution in [3.63, 3.8) is 0 Å². The Morgan fingerprint density at radius 2 is 2.12 bits per heavy atom. The summed E-state index contributed by atoms with van der Waals surface area (Å²) in [4.78, 5) is 0. The molecule has 0 aliphatic heterocycles. The second-order valence-electron chi connectivity index (χ2n) is 4.79. The van der Waals surface area contributed by atoms with Gasteiger partial charge in [-0.2, -0.15) is 0 Å². The molecule has 0 fully saturated rings. The van der Waals surface area contributed by atoms with E-state index >= 15 is 0 Å². The molecule has 0 aromatic heterocycles. The fourth-order valence-electron chi connectivity index (χ4n) is 1.49. The third kappa shape index (κ3) is 4.97. The van der Waals surface area contributed by atoms with Crippen molar-refractivity contribution in [3.05, 3.63) is 34.9 Å². The highest BCUT2D eigenvalue weighted by atomic mass is 35.5. The Morgan fingerprint density at radius 3 is 2.69 bits per heavy atom. The summed E-state index contributed by atoms with van der Waals surface area (Å²) < 4.78 is 0. The molecule has 3 heteroatoms. The fraction of sp³-hybridized carbons (Fsp3) is 0.538. The van der Waals surface area contributed by atoms with Crippen LogP contribution in [-0.4, -0.2) is 17.3 Å². The number of hydrogen-bond donors (Lipinski definition) is 2. The van der Waals surface area contributed by atoms with E-state index in [2.05, 4.69) is 12.2 Å². The Kier molecular flexibility index (Phi) is 4.78. The monoisotopic (exact) mass is 241 g/mol. The Balaban J connectivity index is 2.44. The summed E-state index contributed by atoms with van der Waals surface area (Å²) in [5.74, 6) is 0. The summed E-state index contributed by atoms with van der Waals surface area (Å²) in [6.07, 6.45) is 0.734. The van der Waals surface area contributed by atoms with Crippen molar-refractivity contribution < 1.29 is 5.11 Å². The maximum absolute atomic E-state index is 9.58. The molecule has 0 spiro atoms. The van der Waals surface area contributed by atoms with Crippen LogP contribution < -0.4 is 5.32 Å². The van der Waals surface area contributed by atoms with Crippen molar-refractivity contribution >= 4 is 11.6 Å². The lowest BCUT2D eigenvalue weighted by Crippen LogP contribution is -2.28. The topological polar surface area (TPSA) is 32.3 Å². The van der Waals surface area contributed by atoms with Gasteiger partial charge in [0.15, 0.2) is 0 Å². The van der Waals surface area contributed by atoms with Crippen molar-refractivity contribution in [1.82, 2.24) is 5.32 Å². The second kappa shape index (κ2) is 5.67. The molecular weight excluding hydrogens is 222 g/mol. The SMILES string of the molecule is C[C@@H](NCCC(C)(C)O)c1cccc(Cl)c1. The van der Waals surface area contributed by atoms with Gasteiger partial charge in [0.1, 0.15) is 0 Å². The molecule has 2 N–H and O–H groups in total. The Bertz CT molecular complexity index is 333. The molecule has 0 saturated heterocycles. The van der Waals surface area contributed by atoms with E-state index in [0.717, 1.165) is 18.0 Å². The summed E-state index contributed by atoms with van der Waals surface area (Å²) in [5.41, 5.74) is 0.560. The van der Waals surface area contributed by atoms with E-state index in [1.165, 1.54) is 5.56 Å². The Labute approximate surface area is 103 Å². The quantitative estimate of drug-likeness (QED) is 0.830. The Morgan fingerprint density at radius 1 is 1.44 bits per heavy atom. The molecule has 0 saturated carbocycles. The molecule has 0 heterocycles. The first-order valence-corrected chi connectivity index (χ1v) is 5.97. The highest BCUT2D eigenvalue weighted by Gasteiger charge is 2.12.